The van der Waals surface area contributed by atoms with Gasteiger partial charge >= 0.3 is 18.1 Å². The van der Waals surface area contributed by atoms with Gasteiger partial charge in [0.25, 0.3) is 5.72 Å². The van der Waals surface area contributed by atoms with Crippen molar-refractivity contribution in [2.45, 2.75) is 25.2 Å². The maximum Gasteiger partial charge on any atom is 0.438 e. The second-order valence-electron chi connectivity index (χ2n) is 4.74. The standard InChI is InChI=1S/C14H13F3N2O4/c1-2-23-12(21)11(20)19-13(22,14(15,16)17)8-10(18-19)9-6-4-3-5-7-9/h3-7,22H,2,8H2,1H3. The Morgan fingerprint density at radius 1 is 1.35 bits per heavy atom. The summed E-state index contributed by atoms with van der Waals surface area (Å²) < 4.78 is 44.1. The molecular formula is C14H13F3N2O4. The number of nitrogens with zero attached hydrogens (tertiary/aromatic N) is 2. The fraction of sp³-hybridized carbons (Fsp3) is 0.357. The number of aliphatic hydroxyl groups is 1. The summed E-state index contributed by atoms with van der Waals surface area (Å²) in [6, 6.07) is 7.75. The zero-order valence-electron chi connectivity index (χ0n) is 12.0. The van der Waals surface area contributed by atoms with E-state index in [1.165, 1.54) is 19.1 Å². The number of rotatable bonds is 2. The second-order valence-corrected chi connectivity index (χ2v) is 4.74. The number of halogens is 3. The SMILES string of the molecule is CCOC(=O)C(=O)N1N=C(c2ccccc2)CC1(O)C(F)(F)F. The molecule has 0 spiro atoms. The average Bonchev–Trinajstić information content (AvgIpc) is 2.86. The Labute approximate surface area is 129 Å². The number of carbonyl (C=O) groups is 2. The lowest BCUT2D eigenvalue weighted by Crippen LogP contribution is -2.58. The topological polar surface area (TPSA) is 79.2 Å². The lowest BCUT2D eigenvalue weighted by atomic mass is 10.0. The molecule has 0 aromatic heterocycles. The molecule has 124 valence electrons. The Hall–Kier alpha value is -2.42. The number of carbonyl (C=O) groups excluding carboxylic acids is 2. The van der Waals surface area contributed by atoms with Gasteiger partial charge in [-0.05, 0) is 12.5 Å². The normalized spacial score (nSPS) is 21.1. The molecule has 1 aromatic rings. The molecule has 1 unspecified atom stereocenters. The molecule has 1 aliphatic heterocycles. The maximum absolute atomic E-state index is 13.2. The number of benzene rings is 1. The van der Waals surface area contributed by atoms with E-state index in [-0.39, 0.29) is 17.3 Å². The molecule has 0 fully saturated rings. The molecule has 0 radical (unpaired) electrons. The van der Waals surface area contributed by atoms with Gasteiger partial charge in [0.05, 0.1) is 18.7 Å². The van der Waals surface area contributed by atoms with Crippen molar-refractivity contribution in [3.63, 3.8) is 0 Å². The van der Waals surface area contributed by atoms with Gasteiger partial charge in [-0.1, -0.05) is 30.3 Å². The number of hydrazone groups is 1. The van der Waals surface area contributed by atoms with E-state index in [0.29, 0.717) is 5.56 Å². The van der Waals surface area contributed by atoms with Crippen LogP contribution in [0.1, 0.15) is 18.9 Å². The van der Waals surface area contributed by atoms with E-state index in [0.717, 1.165) is 0 Å². The summed E-state index contributed by atoms with van der Waals surface area (Å²) in [5.41, 5.74) is -3.46. The van der Waals surface area contributed by atoms with Crippen molar-refractivity contribution in [1.82, 2.24) is 5.01 Å². The predicted molar refractivity (Wildman–Crippen MR) is 72.1 cm³/mol. The highest BCUT2D eigenvalue weighted by atomic mass is 19.4. The van der Waals surface area contributed by atoms with Crippen molar-refractivity contribution < 1.29 is 32.6 Å². The molecule has 1 aliphatic rings. The number of amides is 1. The van der Waals surface area contributed by atoms with Gasteiger partial charge in [-0.2, -0.15) is 23.3 Å². The molecular weight excluding hydrogens is 317 g/mol. The van der Waals surface area contributed by atoms with E-state index in [1.54, 1.807) is 18.2 Å². The fourth-order valence-corrected chi connectivity index (χ4v) is 2.05. The van der Waals surface area contributed by atoms with E-state index in [9.17, 15) is 27.9 Å². The Morgan fingerprint density at radius 3 is 2.48 bits per heavy atom. The minimum atomic E-state index is -5.20. The minimum absolute atomic E-state index is 0.164. The van der Waals surface area contributed by atoms with E-state index in [1.807, 2.05) is 0 Å². The maximum atomic E-state index is 13.2. The molecule has 0 aliphatic carbocycles. The first-order valence-electron chi connectivity index (χ1n) is 6.64. The molecule has 1 amide bonds. The van der Waals surface area contributed by atoms with Crippen LogP contribution in [0.2, 0.25) is 0 Å². The summed E-state index contributed by atoms with van der Waals surface area (Å²) >= 11 is 0. The van der Waals surface area contributed by atoms with Gasteiger partial charge in [0, 0.05) is 0 Å². The molecule has 0 bridgehead atoms. The largest absolute Gasteiger partial charge is 0.459 e. The summed E-state index contributed by atoms with van der Waals surface area (Å²) in [4.78, 5) is 23.3. The number of ether oxygens (including phenoxy) is 1. The van der Waals surface area contributed by atoms with Crippen LogP contribution in [0.3, 0.4) is 0 Å². The number of esters is 1. The Balaban J connectivity index is 2.42. The smallest absolute Gasteiger partial charge is 0.438 e. The van der Waals surface area contributed by atoms with Crippen LogP contribution in [-0.2, 0) is 14.3 Å². The van der Waals surface area contributed by atoms with Crippen LogP contribution in [0.5, 0.6) is 0 Å². The number of hydrogen-bond donors (Lipinski definition) is 1. The first-order valence-corrected chi connectivity index (χ1v) is 6.64. The van der Waals surface area contributed by atoms with Crippen molar-refractivity contribution in [2.75, 3.05) is 6.61 Å². The van der Waals surface area contributed by atoms with Gasteiger partial charge in [0.1, 0.15) is 0 Å². The van der Waals surface area contributed by atoms with Crippen LogP contribution in [0, 0.1) is 0 Å². The van der Waals surface area contributed by atoms with Gasteiger partial charge < -0.3 is 9.84 Å². The highest BCUT2D eigenvalue weighted by Crippen LogP contribution is 2.41. The Bertz CT molecular complexity index is 645. The molecule has 2 rings (SSSR count). The van der Waals surface area contributed by atoms with Crippen molar-refractivity contribution in [3.8, 4) is 0 Å². The third kappa shape index (κ3) is 3.04. The monoisotopic (exact) mass is 330 g/mol. The molecule has 1 N–H and O–H groups in total. The molecule has 0 saturated carbocycles. The first-order chi connectivity index (χ1) is 10.7. The van der Waals surface area contributed by atoms with Gasteiger partial charge in [-0.15, -0.1) is 0 Å². The quantitative estimate of drug-likeness (QED) is 0.657. The second kappa shape index (κ2) is 5.99. The van der Waals surface area contributed by atoms with Crippen molar-refractivity contribution in [1.29, 1.82) is 0 Å². The van der Waals surface area contributed by atoms with E-state index < -0.39 is 30.2 Å². The first kappa shape index (κ1) is 16.9. The summed E-state index contributed by atoms with van der Waals surface area (Å²) in [6.07, 6.45) is -6.18. The fourth-order valence-electron chi connectivity index (χ4n) is 2.05. The van der Waals surface area contributed by atoms with Crippen LogP contribution < -0.4 is 0 Å². The lowest BCUT2D eigenvalue weighted by Gasteiger charge is -2.31. The molecule has 9 heteroatoms. The van der Waals surface area contributed by atoms with Crippen molar-refractivity contribution in [3.05, 3.63) is 35.9 Å². The van der Waals surface area contributed by atoms with Gasteiger partial charge in [0.15, 0.2) is 0 Å². The van der Waals surface area contributed by atoms with Gasteiger partial charge in [-0.25, -0.2) is 4.79 Å². The van der Waals surface area contributed by atoms with Crippen LogP contribution in [0.25, 0.3) is 0 Å². The predicted octanol–water partition coefficient (Wildman–Crippen LogP) is 1.44. The lowest BCUT2D eigenvalue weighted by molar-refractivity contribution is -0.302. The average molecular weight is 330 g/mol. The van der Waals surface area contributed by atoms with Crippen LogP contribution in [-0.4, -0.2) is 46.2 Å². The Morgan fingerprint density at radius 2 is 1.96 bits per heavy atom. The van der Waals surface area contributed by atoms with Crippen LogP contribution in [0.4, 0.5) is 13.2 Å². The Kier molecular flexibility index (Phi) is 4.42. The molecule has 6 nitrogen and oxygen atoms in total. The van der Waals surface area contributed by atoms with Gasteiger partial charge in [0.2, 0.25) is 0 Å². The number of hydrogen-bond acceptors (Lipinski definition) is 5. The number of alkyl halides is 3. The zero-order valence-corrected chi connectivity index (χ0v) is 12.0. The molecule has 23 heavy (non-hydrogen) atoms. The highest BCUT2D eigenvalue weighted by molar-refractivity contribution is 6.33. The van der Waals surface area contributed by atoms with E-state index in [2.05, 4.69) is 9.84 Å². The summed E-state index contributed by atoms with van der Waals surface area (Å²) in [5, 5.41) is 13.2. The molecule has 1 heterocycles. The minimum Gasteiger partial charge on any atom is -0.459 e. The molecule has 1 atom stereocenters. The summed E-state index contributed by atoms with van der Waals surface area (Å²) in [5.74, 6) is -3.20. The van der Waals surface area contributed by atoms with E-state index in [4.69, 9.17) is 0 Å². The van der Waals surface area contributed by atoms with E-state index >= 15 is 0 Å². The third-order valence-electron chi connectivity index (χ3n) is 3.19. The summed E-state index contributed by atoms with van der Waals surface area (Å²) in [7, 11) is 0. The van der Waals surface area contributed by atoms with Gasteiger partial charge in [-0.3, -0.25) is 4.79 Å². The van der Waals surface area contributed by atoms with Crippen LogP contribution in [0.15, 0.2) is 35.4 Å². The zero-order chi connectivity index (χ0) is 17.3. The molecule has 1 aromatic carbocycles. The highest BCUT2D eigenvalue weighted by Gasteiger charge is 2.64. The third-order valence-corrected chi connectivity index (χ3v) is 3.19. The van der Waals surface area contributed by atoms with Crippen molar-refractivity contribution in [2.24, 2.45) is 5.10 Å². The summed E-state index contributed by atoms with van der Waals surface area (Å²) in [6.45, 7) is 1.20. The molecule has 0 saturated heterocycles. The van der Waals surface area contributed by atoms with Crippen LogP contribution >= 0.6 is 0 Å². The van der Waals surface area contributed by atoms with Crippen molar-refractivity contribution >= 4 is 17.6 Å².